The number of rotatable bonds is 7. The van der Waals surface area contributed by atoms with Crippen LogP contribution in [0.4, 0.5) is 0 Å². The van der Waals surface area contributed by atoms with E-state index < -0.39 is 17.2 Å². The summed E-state index contributed by atoms with van der Waals surface area (Å²) in [4.78, 5) is 21.3. The van der Waals surface area contributed by atoms with Gasteiger partial charge in [0, 0.05) is 5.75 Å². The minimum atomic E-state index is -1.10. The minimum absolute atomic E-state index is 0.362. The first kappa shape index (κ1) is 14.3. The fourth-order valence-electron chi connectivity index (χ4n) is 1.30. The smallest absolute Gasteiger partial charge is 0.317 e. The molecule has 1 aromatic carbocycles. The van der Waals surface area contributed by atoms with Crippen LogP contribution in [-0.2, 0) is 9.59 Å². The molecule has 4 nitrogen and oxygen atoms in total. The van der Waals surface area contributed by atoms with Gasteiger partial charge in [-0.3, -0.25) is 9.59 Å². The molecule has 1 atom stereocenters. The van der Waals surface area contributed by atoms with E-state index in [-0.39, 0.29) is 6.42 Å². The summed E-state index contributed by atoms with van der Waals surface area (Å²) in [5, 5.41) is 16.5. The Morgan fingerprint density at radius 2 is 1.89 bits per heavy atom. The number of carbonyl (C=O) groups is 2. The number of hydrogen-bond acceptors (Lipinski definition) is 3. The largest absolute Gasteiger partial charge is 0.481 e. The maximum Gasteiger partial charge on any atom is 0.317 e. The zero-order valence-electron chi connectivity index (χ0n) is 9.65. The van der Waals surface area contributed by atoms with Crippen molar-refractivity contribution in [3.63, 3.8) is 0 Å². The summed E-state index contributed by atoms with van der Waals surface area (Å²) in [6.07, 6.45) is 3.35. The fourth-order valence-corrected chi connectivity index (χ4v) is 2.14. The Balaban J connectivity index is 2.41. The van der Waals surface area contributed by atoms with Crippen LogP contribution in [0.5, 0.6) is 0 Å². The average molecular weight is 266 g/mol. The maximum absolute atomic E-state index is 10.8. The molecule has 18 heavy (non-hydrogen) atoms. The van der Waals surface area contributed by atoms with Crippen molar-refractivity contribution >= 4 is 29.8 Å². The van der Waals surface area contributed by atoms with E-state index >= 15 is 0 Å². The fraction of sp³-hybridized carbons (Fsp3) is 0.231. The van der Waals surface area contributed by atoms with Crippen LogP contribution >= 0.6 is 11.8 Å². The second-order valence-electron chi connectivity index (χ2n) is 3.57. The Labute approximate surface area is 109 Å². The number of carboxylic acids is 2. The van der Waals surface area contributed by atoms with Crippen molar-refractivity contribution in [2.24, 2.45) is 0 Å². The van der Waals surface area contributed by atoms with Gasteiger partial charge < -0.3 is 10.2 Å². The Morgan fingerprint density at radius 1 is 1.22 bits per heavy atom. The lowest BCUT2D eigenvalue weighted by Crippen LogP contribution is -2.20. The summed E-state index contributed by atoms with van der Waals surface area (Å²) < 4.78 is 0. The van der Waals surface area contributed by atoms with Gasteiger partial charge in [-0.15, -0.1) is 11.8 Å². The quantitative estimate of drug-likeness (QED) is 0.792. The van der Waals surface area contributed by atoms with E-state index in [1.54, 1.807) is 0 Å². The number of benzene rings is 1. The first-order valence-corrected chi connectivity index (χ1v) is 6.42. The van der Waals surface area contributed by atoms with Gasteiger partial charge in [0.05, 0.1) is 6.42 Å². The molecule has 0 aliphatic heterocycles. The molecule has 0 fully saturated rings. The van der Waals surface area contributed by atoms with Crippen molar-refractivity contribution in [1.29, 1.82) is 0 Å². The van der Waals surface area contributed by atoms with Crippen molar-refractivity contribution in [3.8, 4) is 0 Å². The average Bonchev–Trinajstić information content (AvgIpc) is 2.33. The Kier molecular flexibility index (Phi) is 6.00. The molecule has 2 N–H and O–H groups in total. The van der Waals surface area contributed by atoms with Gasteiger partial charge >= 0.3 is 11.9 Å². The van der Waals surface area contributed by atoms with Crippen LogP contribution < -0.4 is 0 Å². The predicted molar refractivity (Wildman–Crippen MR) is 71.6 cm³/mol. The Bertz CT molecular complexity index is 428. The number of carboxylic acid groups (broad SMARTS) is 2. The monoisotopic (exact) mass is 266 g/mol. The molecule has 5 heteroatoms. The van der Waals surface area contributed by atoms with Crippen molar-refractivity contribution in [2.75, 3.05) is 5.75 Å². The molecule has 1 rings (SSSR count). The van der Waals surface area contributed by atoms with E-state index in [0.717, 1.165) is 17.3 Å². The van der Waals surface area contributed by atoms with Crippen LogP contribution in [0.15, 0.2) is 36.4 Å². The summed E-state index contributed by atoms with van der Waals surface area (Å²) in [6.45, 7) is 0. The summed E-state index contributed by atoms with van der Waals surface area (Å²) in [5.74, 6) is -1.71. The summed E-state index contributed by atoms with van der Waals surface area (Å²) >= 11 is 1.11. The maximum atomic E-state index is 10.8. The second-order valence-corrected chi connectivity index (χ2v) is 4.81. The zero-order chi connectivity index (χ0) is 13.4. The van der Waals surface area contributed by atoms with Crippen molar-refractivity contribution < 1.29 is 19.8 Å². The molecule has 96 valence electrons. The molecule has 0 amide bonds. The molecule has 0 radical (unpaired) electrons. The molecular formula is C13H14O4S. The van der Waals surface area contributed by atoms with Gasteiger partial charge in [-0.25, -0.2) is 0 Å². The van der Waals surface area contributed by atoms with Crippen LogP contribution in [0, 0.1) is 0 Å². The molecule has 0 aliphatic carbocycles. The predicted octanol–water partition coefficient (Wildman–Crippen LogP) is 2.36. The van der Waals surface area contributed by atoms with E-state index in [2.05, 4.69) is 0 Å². The molecule has 0 heterocycles. The van der Waals surface area contributed by atoms with Crippen LogP contribution in [-0.4, -0.2) is 33.2 Å². The van der Waals surface area contributed by atoms with E-state index in [9.17, 15) is 9.59 Å². The van der Waals surface area contributed by atoms with Crippen LogP contribution in [0.25, 0.3) is 6.08 Å². The second kappa shape index (κ2) is 7.55. The molecule has 0 aliphatic rings. The van der Waals surface area contributed by atoms with Gasteiger partial charge in [-0.05, 0) is 5.56 Å². The van der Waals surface area contributed by atoms with Crippen LogP contribution in [0.2, 0.25) is 0 Å². The standard InChI is InChI=1S/C13H14O4S/c14-12(15)9-11(13(16)17)18-8-4-7-10-5-2-1-3-6-10/h1-7,11H,8-9H2,(H,14,15)(H,16,17)/b7-4+. The molecular weight excluding hydrogens is 252 g/mol. The van der Waals surface area contributed by atoms with E-state index in [0.29, 0.717) is 5.75 Å². The Hall–Kier alpha value is -1.75. The lowest BCUT2D eigenvalue weighted by molar-refractivity contribution is -0.142. The van der Waals surface area contributed by atoms with E-state index in [1.807, 2.05) is 42.5 Å². The van der Waals surface area contributed by atoms with Crippen LogP contribution in [0.1, 0.15) is 12.0 Å². The number of thioether (sulfide) groups is 1. The topological polar surface area (TPSA) is 74.6 Å². The first-order chi connectivity index (χ1) is 8.59. The van der Waals surface area contributed by atoms with Gasteiger partial charge in [0.1, 0.15) is 5.25 Å². The molecule has 0 bridgehead atoms. The summed E-state index contributed by atoms with van der Waals surface area (Å²) in [6, 6.07) is 9.62. The van der Waals surface area contributed by atoms with Crippen molar-refractivity contribution in [3.05, 3.63) is 42.0 Å². The normalized spacial score (nSPS) is 12.4. The number of aliphatic carboxylic acids is 2. The molecule has 0 saturated carbocycles. The van der Waals surface area contributed by atoms with Gasteiger partial charge in [0.15, 0.2) is 0 Å². The van der Waals surface area contributed by atoms with Crippen molar-refractivity contribution in [2.45, 2.75) is 11.7 Å². The summed E-state index contributed by atoms with van der Waals surface area (Å²) in [5.41, 5.74) is 1.03. The molecule has 1 unspecified atom stereocenters. The third-order valence-electron chi connectivity index (χ3n) is 2.14. The van der Waals surface area contributed by atoms with Crippen LogP contribution in [0.3, 0.4) is 0 Å². The van der Waals surface area contributed by atoms with Crippen molar-refractivity contribution in [1.82, 2.24) is 0 Å². The zero-order valence-corrected chi connectivity index (χ0v) is 10.5. The highest BCUT2D eigenvalue weighted by Crippen LogP contribution is 2.16. The molecule has 0 aromatic heterocycles. The number of hydrogen-bond donors (Lipinski definition) is 2. The van der Waals surface area contributed by atoms with Gasteiger partial charge in [0.2, 0.25) is 0 Å². The van der Waals surface area contributed by atoms with E-state index in [4.69, 9.17) is 10.2 Å². The highest BCUT2D eigenvalue weighted by Gasteiger charge is 2.20. The third kappa shape index (κ3) is 5.54. The molecule has 0 spiro atoms. The Morgan fingerprint density at radius 3 is 2.44 bits per heavy atom. The van der Waals surface area contributed by atoms with Gasteiger partial charge in [0.25, 0.3) is 0 Å². The minimum Gasteiger partial charge on any atom is -0.481 e. The lowest BCUT2D eigenvalue weighted by atomic mass is 10.2. The first-order valence-electron chi connectivity index (χ1n) is 5.37. The van der Waals surface area contributed by atoms with Gasteiger partial charge in [-0.1, -0.05) is 42.5 Å². The van der Waals surface area contributed by atoms with Gasteiger partial charge in [-0.2, -0.15) is 0 Å². The SMILES string of the molecule is O=C(O)CC(SC/C=C/c1ccccc1)C(=O)O. The highest BCUT2D eigenvalue weighted by molar-refractivity contribution is 8.00. The summed E-state index contributed by atoms with van der Waals surface area (Å²) in [7, 11) is 0. The van der Waals surface area contributed by atoms with E-state index in [1.165, 1.54) is 0 Å². The lowest BCUT2D eigenvalue weighted by Gasteiger charge is -2.07. The molecule has 0 saturated heterocycles. The third-order valence-corrected chi connectivity index (χ3v) is 3.29. The molecule has 1 aromatic rings. The highest BCUT2D eigenvalue weighted by atomic mass is 32.2.